The van der Waals surface area contributed by atoms with Crippen LogP contribution in [-0.4, -0.2) is 35.1 Å². The Morgan fingerprint density at radius 1 is 1.15 bits per heavy atom. The van der Waals surface area contributed by atoms with E-state index in [9.17, 15) is 13.6 Å². The molecular formula is C26H27F2N3O2. The molecule has 2 heterocycles. The van der Waals surface area contributed by atoms with Gasteiger partial charge in [-0.25, -0.2) is 8.78 Å². The maximum Gasteiger partial charge on any atom is 0.249 e. The van der Waals surface area contributed by atoms with Crippen LogP contribution in [0.1, 0.15) is 41.6 Å². The number of carbonyl (C=O) groups is 1. The first-order valence-electron chi connectivity index (χ1n) is 11.4. The zero-order valence-electron chi connectivity index (χ0n) is 18.4. The first-order chi connectivity index (χ1) is 16.0. The second-order valence-corrected chi connectivity index (χ2v) is 8.94. The summed E-state index contributed by atoms with van der Waals surface area (Å²) in [5.74, 6) is -0.569. The minimum absolute atomic E-state index is 0.0909. The molecule has 1 aliphatic heterocycles. The summed E-state index contributed by atoms with van der Waals surface area (Å²) in [5, 5.41) is 1.03. The highest BCUT2D eigenvalue weighted by Gasteiger charge is 2.28. The number of rotatable bonds is 9. The minimum atomic E-state index is -0.600. The Morgan fingerprint density at radius 3 is 2.79 bits per heavy atom. The fourth-order valence-electron chi connectivity index (χ4n) is 4.52. The van der Waals surface area contributed by atoms with Crippen molar-refractivity contribution in [3.63, 3.8) is 0 Å². The molecule has 172 valence electrons. The second kappa shape index (κ2) is 8.89. The van der Waals surface area contributed by atoms with Crippen molar-refractivity contribution in [1.29, 1.82) is 0 Å². The van der Waals surface area contributed by atoms with Crippen molar-refractivity contribution >= 4 is 22.9 Å². The molecule has 33 heavy (non-hydrogen) atoms. The van der Waals surface area contributed by atoms with E-state index in [0.29, 0.717) is 11.5 Å². The molecule has 1 fully saturated rings. The molecule has 7 heteroatoms. The molecule has 1 aliphatic carbocycles. The molecule has 2 aliphatic rings. The van der Waals surface area contributed by atoms with Crippen molar-refractivity contribution in [2.75, 3.05) is 19.7 Å². The molecule has 0 spiro atoms. The van der Waals surface area contributed by atoms with Crippen molar-refractivity contribution in [3.8, 4) is 5.75 Å². The smallest absolute Gasteiger partial charge is 0.249 e. The van der Waals surface area contributed by atoms with Gasteiger partial charge >= 0.3 is 0 Å². The highest BCUT2D eigenvalue weighted by Crippen LogP contribution is 2.35. The molecule has 5 rings (SSSR count). The number of primary amides is 1. The third kappa shape index (κ3) is 4.58. The lowest BCUT2D eigenvalue weighted by Gasteiger charge is -2.31. The van der Waals surface area contributed by atoms with Crippen LogP contribution in [0.2, 0.25) is 0 Å². The molecule has 1 amide bonds. The highest BCUT2D eigenvalue weighted by atomic mass is 19.1. The third-order valence-electron chi connectivity index (χ3n) is 6.48. The number of amides is 1. The highest BCUT2D eigenvalue weighted by molar-refractivity contribution is 5.98. The zero-order chi connectivity index (χ0) is 22.9. The monoisotopic (exact) mass is 451 g/mol. The first kappa shape index (κ1) is 21.5. The Morgan fingerprint density at radius 2 is 2.00 bits per heavy atom. The van der Waals surface area contributed by atoms with E-state index < -0.39 is 11.7 Å². The average molecular weight is 452 g/mol. The molecule has 0 bridgehead atoms. The number of hydrogen-bond acceptors (Lipinski definition) is 3. The van der Waals surface area contributed by atoms with E-state index in [1.807, 2.05) is 18.3 Å². The number of ether oxygens (including phenoxy) is 1. The summed E-state index contributed by atoms with van der Waals surface area (Å²) in [6, 6.07) is 9.49. The predicted octanol–water partition coefficient (Wildman–Crippen LogP) is 4.94. The van der Waals surface area contributed by atoms with E-state index >= 15 is 0 Å². The molecule has 0 radical (unpaired) electrons. The van der Waals surface area contributed by atoms with E-state index in [2.05, 4.69) is 9.47 Å². The van der Waals surface area contributed by atoms with Gasteiger partial charge in [0.1, 0.15) is 12.4 Å². The van der Waals surface area contributed by atoms with E-state index in [4.69, 9.17) is 10.5 Å². The van der Waals surface area contributed by atoms with Crippen LogP contribution in [0.5, 0.6) is 5.75 Å². The molecule has 0 atom stereocenters. The Bertz CT molecular complexity index is 1230. The molecule has 0 unspecified atom stereocenters. The van der Waals surface area contributed by atoms with Crippen molar-refractivity contribution < 1.29 is 18.3 Å². The number of unbranched alkanes of at least 4 members (excludes halogenated alkanes) is 1. The van der Waals surface area contributed by atoms with Crippen molar-refractivity contribution in [3.05, 3.63) is 71.1 Å². The summed E-state index contributed by atoms with van der Waals surface area (Å²) < 4.78 is 35.7. The lowest BCUT2D eigenvalue weighted by atomic mass is 10.0. The summed E-state index contributed by atoms with van der Waals surface area (Å²) >= 11 is 0. The topological polar surface area (TPSA) is 60.5 Å². The number of hydrogen-bond donors (Lipinski definition) is 1. The van der Waals surface area contributed by atoms with Gasteiger partial charge in [-0.15, -0.1) is 0 Å². The third-order valence-corrected chi connectivity index (χ3v) is 6.48. The van der Waals surface area contributed by atoms with Gasteiger partial charge in [0, 0.05) is 31.4 Å². The van der Waals surface area contributed by atoms with E-state index in [-0.39, 0.29) is 23.7 Å². The van der Waals surface area contributed by atoms with Crippen LogP contribution in [0.15, 0.2) is 48.3 Å². The van der Waals surface area contributed by atoms with Crippen molar-refractivity contribution in [1.82, 2.24) is 9.47 Å². The van der Waals surface area contributed by atoms with Crippen LogP contribution in [0.25, 0.3) is 17.0 Å². The van der Waals surface area contributed by atoms with Gasteiger partial charge in [0.15, 0.2) is 11.6 Å². The molecule has 1 aromatic heterocycles. The van der Waals surface area contributed by atoms with Crippen LogP contribution in [0.3, 0.4) is 0 Å². The predicted molar refractivity (Wildman–Crippen MR) is 124 cm³/mol. The van der Waals surface area contributed by atoms with Gasteiger partial charge in [0.25, 0.3) is 0 Å². The molecule has 1 saturated carbocycles. The van der Waals surface area contributed by atoms with Gasteiger partial charge < -0.3 is 19.9 Å². The maximum atomic E-state index is 14.2. The van der Waals surface area contributed by atoms with E-state index in [0.717, 1.165) is 49.1 Å². The number of benzene rings is 2. The van der Waals surface area contributed by atoms with Gasteiger partial charge in [-0.05, 0) is 79.5 Å². The summed E-state index contributed by atoms with van der Waals surface area (Å²) in [6.07, 6.45) is 8.16. The molecule has 5 nitrogen and oxygen atoms in total. The van der Waals surface area contributed by atoms with Crippen LogP contribution in [0, 0.1) is 17.6 Å². The molecular weight excluding hydrogens is 424 g/mol. The SMILES string of the molecule is NC(=O)c1ccc(F)c2c1C=C(N(CCCCn1ccc3ccc(F)cc31)CC1CC1)CO2. The lowest BCUT2D eigenvalue weighted by molar-refractivity contribution is 0.0999. The minimum Gasteiger partial charge on any atom is -0.484 e. The number of aryl methyl sites for hydroxylation is 1. The van der Waals surface area contributed by atoms with Gasteiger partial charge in [-0.2, -0.15) is 0 Å². The number of aromatic nitrogens is 1. The molecule has 2 aromatic carbocycles. The summed E-state index contributed by atoms with van der Waals surface area (Å²) in [6.45, 7) is 2.82. The summed E-state index contributed by atoms with van der Waals surface area (Å²) in [7, 11) is 0. The Kier molecular flexibility index (Phi) is 5.79. The van der Waals surface area contributed by atoms with Crippen LogP contribution in [-0.2, 0) is 6.54 Å². The molecule has 3 aromatic rings. The van der Waals surface area contributed by atoms with Crippen LogP contribution < -0.4 is 10.5 Å². The summed E-state index contributed by atoms with van der Waals surface area (Å²) in [4.78, 5) is 14.2. The quantitative estimate of drug-likeness (QED) is 0.469. The molecule has 0 saturated heterocycles. The average Bonchev–Trinajstić information content (AvgIpc) is 3.54. The number of halogens is 2. The van der Waals surface area contributed by atoms with Gasteiger partial charge in [0.05, 0.1) is 16.8 Å². The zero-order valence-corrected chi connectivity index (χ0v) is 18.4. The number of nitrogens with zero attached hydrogens (tertiary/aromatic N) is 2. The number of carbonyl (C=O) groups excluding carboxylic acids is 1. The van der Waals surface area contributed by atoms with Crippen LogP contribution in [0.4, 0.5) is 8.78 Å². The Labute approximate surface area is 191 Å². The van der Waals surface area contributed by atoms with Gasteiger partial charge in [0.2, 0.25) is 5.91 Å². The van der Waals surface area contributed by atoms with E-state index in [1.54, 1.807) is 12.1 Å². The normalized spacial score (nSPS) is 15.2. The number of fused-ring (bicyclic) bond motifs is 2. The van der Waals surface area contributed by atoms with E-state index in [1.165, 1.54) is 31.0 Å². The second-order valence-electron chi connectivity index (χ2n) is 8.94. The van der Waals surface area contributed by atoms with Gasteiger partial charge in [-0.1, -0.05) is 0 Å². The lowest BCUT2D eigenvalue weighted by Crippen LogP contribution is -2.31. The number of nitrogens with two attached hydrogens (primary N) is 1. The maximum absolute atomic E-state index is 14.2. The fraction of sp³-hybridized carbons (Fsp3) is 0.346. The van der Waals surface area contributed by atoms with Crippen molar-refractivity contribution in [2.45, 2.75) is 32.2 Å². The first-order valence-corrected chi connectivity index (χ1v) is 11.4. The Hall–Kier alpha value is -3.35. The Balaban J connectivity index is 1.29. The van der Waals surface area contributed by atoms with Crippen LogP contribution >= 0.6 is 0 Å². The largest absolute Gasteiger partial charge is 0.484 e. The van der Waals surface area contributed by atoms with Crippen molar-refractivity contribution in [2.24, 2.45) is 11.7 Å². The molecule has 2 N–H and O–H groups in total. The standard InChI is InChI=1S/C26H27F2N3O2/c27-19-6-5-18-9-12-30(24(18)13-19)10-1-2-11-31(15-17-3-4-17)20-14-22-21(26(29)32)7-8-23(28)25(22)33-16-20/h5-9,12-14,17H,1-4,10-11,15-16H2,(H2,29,32). The van der Waals surface area contributed by atoms with Gasteiger partial charge in [-0.3, -0.25) is 4.79 Å². The summed E-state index contributed by atoms with van der Waals surface area (Å²) in [5.41, 5.74) is 8.04. The fourth-order valence-corrected chi connectivity index (χ4v) is 4.52.